The number of likely N-dealkylation sites (N-methyl/N-ethyl adjacent to an activating group) is 1. The van der Waals surface area contributed by atoms with Crippen LogP contribution in [0.2, 0.25) is 5.02 Å². The fraction of sp³-hybridized carbons (Fsp3) is 0.300. The summed E-state index contributed by atoms with van der Waals surface area (Å²) in [5.41, 5.74) is 4.37. The third-order valence-electron chi connectivity index (χ3n) is 4.22. The third kappa shape index (κ3) is 5.96. The summed E-state index contributed by atoms with van der Waals surface area (Å²) in [5, 5.41) is 6.62. The molecule has 0 aliphatic rings. The number of halogens is 3. The van der Waals surface area contributed by atoms with Crippen LogP contribution in [0.25, 0.3) is 0 Å². The Morgan fingerprint density at radius 2 is 1.90 bits per heavy atom. The van der Waals surface area contributed by atoms with Crippen LogP contribution >= 0.6 is 11.6 Å². The molecule has 6 nitrogen and oxygen atoms in total. The molecule has 0 aliphatic heterocycles. The fourth-order valence-electron chi connectivity index (χ4n) is 2.72. The second kappa shape index (κ2) is 10.8. The van der Waals surface area contributed by atoms with Crippen LogP contribution in [0.5, 0.6) is 0 Å². The number of aryl methyl sites for hydroxylation is 1. The minimum Gasteiger partial charge on any atom is -0.390 e. The van der Waals surface area contributed by atoms with Crippen LogP contribution in [0, 0.1) is 6.92 Å². The number of oxime groups is 1. The molecule has 0 heterocycles. The van der Waals surface area contributed by atoms with E-state index < -0.39 is 18.2 Å². The molecule has 2 aromatic rings. The highest BCUT2D eigenvalue weighted by Crippen LogP contribution is 2.23. The Hall–Kier alpha value is -2.55. The number of hydroxylamine groups is 1. The Balaban J connectivity index is 2.30. The topological polar surface area (TPSA) is 72.0 Å². The number of carbonyl (C=O) groups excluding carboxylic acids is 1. The monoisotopic (exact) mass is 425 g/mol. The Kier molecular flexibility index (Phi) is 8.50. The maximum Gasteiger partial charge on any atom is 0.284 e. The smallest absolute Gasteiger partial charge is 0.284 e. The minimum absolute atomic E-state index is 0.106. The predicted octanol–water partition coefficient (Wildman–Crippen LogP) is 3.77. The lowest BCUT2D eigenvalue weighted by Gasteiger charge is -2.20. The standard InChI is InChI=1S/C20H22ClF2N3O3/c1-12-5-4-6-15(18(25-28-3)20(27)24-2)16(12)11-29-26-17(19(22)23)13-7-9-14(21)10-8-13/h4-10,18-19,25H,11H2,1-3H3,(H,24,27)/b26-17-. The van der Waals surface area contributed by atoms with Crippen molar-refractivity contribution in [3.8, 4) is 0 Å². The average molecular weight is 426 g/mol. The Labute approximate surface area is 172 Å². The first-order valence-corrected chi connectivity index (χ1v) is 9.09. The quantitative estimate of drug-likeness (QED) is 0.474. The molecule has 0 bridgehead atoms. The first kappa shape index (κ1) is 22.7. The molecule has 1 unspecified atom stereocenters. The van der Waals surface area contributed by atoms with Crippen molar-refractivity contribution in [1.82, 2.24) is 10.8 Å². The summed E-state index contributed by atoms with van der Waals surface area (Å²) in [4.78, 5) is 22.4. The number of amides is 1. The summed E-state index contributed by atoms with van der Waals surface area (Å²) in [7, 11) is 2.90. The van der Waals surface area contributed by atoms with Gasteiger partial charge >= 0.3 is 0 Å². The first-order chi connectivity index (χ1) is 13.9. The molecule has 0 saturated carbocycles. The number of benzene rings is 2. The number of nitrogens with zero attached hydrogens (tertiary/aromatic N) is 1. The number of nitrogens with one attached hydrogen (secondary N) is 2. The maximum absolute atomic E-state index is 13.4. The van der Waals surface area contributed by atoms with Crippen molar-refractivity contribution in [3.05, 3.63) is 69.7 Å². The lowest BCUT2D eigenvalue weighted by Crippen LogP contribution is -2.36. The molecule has 0 saturated heterocycles. The third-order valence-corrected chi connectivity index (χ3v) is 4.47. The highest BCUT2D eigenvalue weighted by molar-refractivity contribution is 6.30. The van der Waals surface area contributed by atoms with Gasteiger partial charge < -0.3 is 15.0 Å². The number of carbonyl (C=O) groups is 1. The molecule has 2 N–H and O–H groups in total. The highest BCUT2D eigenvalue weighted by Gasteiger charge is 2.23. The molecular weight excluding hydrogens is 404 g/mol. The zero-order valence-electron chi connectivity index (χ0n) is 16.2. The molecule has 0 spiro atoms. The van der Waals surface area contributed by atoms with Gasteiger partial charge in [-0.2, -0.15) is 5.48 Å². The number of alkyl halides is 2. The van der Waals surface area contributed by atoms with E-state index in [9.17, 15) is 13.6 Å². The van der Waals surface area contributed by atoms with Crippen molar-refractivity contribution in [2.45, 2.75) is 26.0 Å². The summed E-state index contributed by atoms with van der Waals surface area (Å²) in [6.45, 7) is 1.72. The van der Waals surface area contributed by atoms with Crippen molar-refractivity contribution in [2.24, 2.45) is 5.16 Å². The highest BCUT2D eigenvalue weighted by atomic mass is 35.5. The SMILES string of the molecule is CNC(=O)C(NOC)c1cccc(C)c1CO/N=C(/c1ccc(Cl)cc1)C(F)F. The molecule has 0 fully saturated rings. The first-order valence-electron chi connectivity index (χ1n) is 8.71. The van der Waals surface area contributed by atoms with Gasteiger partial charge in [0, 0.05) is 23.2 Å². The Morgan fingerprint density at radius 3 is 2.48 bits per heavy atom. The van der Waals surface area contributed by atoms with Crippen LogP contribution in [-0.2, 0) is 21.1 Å². The van der Waals surface area contributed by atoms with Crippen LogP contribution in [0.3, 0.4) is 0 Å². The number of hydrogen-bond acceptors (Lipinski definition) is 5. The van der Waals surface area contributed by atoms with Gasteiger partial charge in [-0.15, -0.1) is 0 Å². The number of hydrogen-bond donors (Lipinski definition) is 2. The van der Waals surface area contributed by atoms with E-state index in [0.717, 1.165) is 5.56 Å². The van der Waals surface area contributed by atoms with E-state index in [0.29, 0.717) is 16.1 Å². The summed E-state index contributed by atoms with van der Waals surface area (Å²) in [6, 6.07) is 10.4. The summed E-state index contributed by atoms with van der Waals surface area (Å²) in [5.74, 6) is -0.323. The van der Waals surface area contributed by atoms with Crippen LogP contribution in [-0.4, -0.2) is 32.2 Å². The molecule has 2 aromatic carbocycles. The van der Waals surface area contributed by atoms with Gasteiger partial charge in [0.1, 0.15) is 12.6 Å². The largest absolute Gasteiger partial charge is 0.390 e. The van der Waals surface area contributed by atoms with E-state index in [1.54, 1.807) is 12.1 Å². The van der Waals surface area contributed by atoms with E-state index in [2.05, 4.69) is 16.0 Å². The molecular formula is C20H22ClF2N3O3. The number of rotatable bonds is 9. The van der Waals surface area contributed by atoms with E-state index in [1.807, 2.05) is 13.0 Å². The van der Waals surface area contributed by atoms with Gasteiger partial charge in [-0.3, -0.25) is 4.79 Å². The van der Waals surface area contributed by atoms with Crippen molar-refractivity contribution < 1.29 is 23.3 Å². The zero-order chi connectivity index (χ0) is 21.4. The Morgan fingerprint density at radius 1 is 1.21 bits per heavy atom. The van der Waals surface area contributed by atoms with E-state index in [1.165, 1.54) is 38.4 Å². The molecule has 9 heteroatoms. The van der Waals surface area contributed by atoms with Gasteiger partial charge in [0.25, 0.3) is 6.43 Å². The van der Waals surface area contributed by atoms with Gasteiger partial charge in [-0.1, -0.05) is 47.1 Å². The van der Waals surface area contributed by atoms with Gasteiger partial charge in [0.2, 0.25) is 5.91 Å². The second-order valence-electron chi connectivity index (χ2n) is 6.07. The van der Waals surface area contributed by atoms with Crippen LogP contribution in [0.4, 0.5) is 8.78 Å². The van der Waals surface area contributed by atoms with E-state index >= 15 is 0 Å². The van der Waals surface area contributed by atoms with E-state index in [-0.39, 0.29) is 18.1 Å². The molecule has 1 amide bonds. The van der Waals surface area contributed by atoms with E-state index in [4.69, 9.17) is 21.3 Å². The predicted molar refractivity (Wildman–Crippen MR) is 107 cm³/mol. The molecule has 156 valence electrons. The lowest BCUT2D eigenvalue weighted by atomic mass is 9.96. The maximum atomic E-state index is 13.4. The molecule has 2 rings (SSSR count). The molecule has 0 aliphatic carbocycles. The summed E-state index contributed by atoms with van der Waals surface area (Å²) < 4.78 is 26.9. The van der Waals surface area contributed by atoms with Crippen molar-refractivity contribution >= 4 is 23.2 Å². The van der Waals surface area contributed by atoms with Crippen LogP contribution in [0.15, 0.2) is 47.6 Å². The average Bonchev–Trinajstić information content (AvgIpc) is 2.70. The van der Waals surface area contributed by atoms with Gasteiger partial charge in [0.05, 0.1) is 7.11 Å². The molecule has 0 aromatic heterocycles. The molecule has 29 heavy (non-hydrogen) atoms. The summed E-state index contributed by atoms with van der Waals surface area (Å²) >= 11 is 5.80. The van der Waals surface area contributed by atoms with Gasteiger partial charge in [-0.05, 0) is 30.2 Å². The van der Waals surface area contributed by atoms with Crippen molar-refractivity contribution in [1.29, 1.82) is 0 Å². The molecule has 0 radical (unpaired) electrons. The normalized spacial score (nSPS) is 12.7. The van der Waals surface area contributed by atoms with Gasteiger partial charge in [0.15, 0.2) is 5.71 Å². The van der Waals surface area contributed by atoms with Crippen LogP contribution in [0.1, 0.15) is 28.3 Å². The minimum atomic E-state index is -2.83. The van der Waals surface area contributed by atoms with Crippen molar-refractivity contribution in [2.75, 3.05) is 14.2 Å². The summed E-state index contributed by atoms with van der Waals surface area (Å²) in [6.07, 6.45) is -2.83. The van der Waals surface area contributed by atoms with Crippen LogP contribution < -0.4 is 10.8 Å². The fourth-order valence-corrected chi connectivity index (χ4v) is 2.84. The van der Waals surface area contributed by atoms with Gasteiger partial charge in [-0.25, -0.2) is 8.78 Å². The Bertz CT molecular complexity index is 861. The second-order valence-corrected chi connectivity index (χ2v) is 6.51. The molecule has 1 atom stereocenters. The lowest BCUT2D eigenvalue weighted by molar-refractivity contribution is -0.126. The zero-order valence-corrected chi connectivity index (χ0v) is 17.0. The van der Waals surface area contributed by atoms with Crippen molar-refractivity contribution in [3.63, 3.8) is 0 Å².